The van der Waals surface area contributed by atoms with Crippen molar-refractivity contribution in [1.82, 2.24) is 0 Å². The molecule has 0 bridgehead atoms. The van der Waals surface area contributed by atoms with Crippen LogP contribution in [0.1, 0.15) is 6.92 Å². The van der Waals surface area contributed by atoms with Gasteiger partial charge in [-0.15, -0.1) is 0 Å². The number of hydrogen-bond donors (Lipinski definition) is 1. The predicted molar refractivity (Wildman–Crippen MR) is 38.4 cm³/mol. The number of carbonyl (C=O) groups is 1. The molecule has 0 aromatic carbocycles. The molecular weight excluding hydrogens is 208 g/mol. The number of aliphatic carboxylic acids is 1. The fourth-order valence-corrected chi connectivity index (χ4v) is 1.93. The van der Waals surface area contributed by atoms with Crippen LogP contribution in [0.2, 0.25) is 0 Å². The van der Waals surface area contributed by atoms with E-state index in [4.69, 9.17) is 5.11 Å². The van der Waals surface area contributed by atoms with Gasteiger partial charge in [0.25, 0.3) is 0 Å². The van der Waals surface area contributed by atoms with Crippen LogP contribution in [0.5, 0.6) is 0 Å². The topological polar surface area (TPSA) is 118 Å². The highest BCUT2D eigenvalue weighted by molar-refractivity contribution is 7.97. The van der Waals surface area contributed by atoms with Crippen molar-refractivity contribution in [2.45, 2.75) is 11.5 Å². The van der Waals surface area contributed by atoms with Gasteiger partial charge in [0.05, 0.1) is 10.5 Å². The quantitative estimate of drug-likeness (QED) is 0.587. The summed E-state index contributed by atoms with van der Waals surface area (Å²) < 4.78 is 39.0. The Morgan fingerprint density at radius 3 is 1.75 bits per heavy atom. The molecule has 0 amide bonds. The molecule has 0 aliphatic heterocycles. The molecule has 0 radical (unpaired) electrons. The highest BCUT2D eigenvalue weighted by Crippen LogP contribution is 2.11. The fraction of sp³-hybridized carbons (Fsp3) is 0.750. The average molecular weight is 214 g/mol. The predicted octanol–water partition coefficient (Wildman–Crippen LogP) is -1.21. The summed E-state index contributed by atoms with van der Waals surface area (Å²) in [5.41, 5.74) is 0. The van der Waals surface area contributed by atoms with Crippen molar-refractivity contribution in [2.75, 3.05) is 0 Å². The Hall–Kier alpha value is -0.310. The molecule has 72 valence electrons. The minimum Gasteiger partial charge on any atom is -0.771 e. The third-order valence-electron chi connectivity index (χ3n) is 1.18. The Kier molecular flexibility index (Phi) is 4.53. The minimum absolute atomic E-state index is 1.01. The van der Waals surface area contributed by atoms with E-state index in [1.54, 1.807) is 0 Å². The third kappa shape index (κ3) is 2.97. The highest BCUT2D eigenvalue weighted by Gasteiger charge is 2.25. The van der Waals surface area contributed by atoms with Crippen LogP contribution >= 0.6 is 0 Å². The molecule has 0 saturated carbocycles. The van der Waals surface area contributed by atoms with Crippen LogP contribution in [-0.2, 0) is 27.0 Å². The highest BCUT2D eigenvalue weighted by atomic mass is 32.3. The Morgan fingerprint density at radius 2 is 1.67 bits per heavy atom. The molecule has 3 atom stereocenters. The third-order valence-corrected chi connectivity index (χ3v) is 3.70. The van der Waals surface area contributed by atoms with E-state index in [-0.39, 0.29) is 0 Å². The van der Waals surface area contributed by atoms with Gasteiger partial charge in [0.15, 0.2) is 0 Å². The van der Waals surface area contributed by atoms with Gasteiger partial charge in [-0.2, -0.15) is 0 Å². The fourth-order valence-electron chi connectivity index (χ4n) is 0.514. The van der Waals surface area contributed by atoms with Gasteiger partial charge in [0, 0.05) is 0 Å². The summed E-state index contributed by atoms with van der Waals surface area (Å²) in [5.74, 6) is -2.92. The first-order valence-corrected chi connectivity index (χ1v) is 5.04. The summed E-state index contributed by atoms with van der Waals surface area (Å²) in [6, 6.07) is 0. The first-order valence-electron chi connectivity index (χ1n) is 2.77. The van der Waals surface area contributed by atoms with E-state index in [9.17, 15) is 22.3 Å². The van der Waals surface area contributed by atoms with Crippen molar-refractivity contribution in [3.8, 4) is 0 Å². The first-order chi connectivity index (χ1) is 5.37. The van der Waals surface area contributed by atoms with Crippen molar-refractivity contribution >= 4 is 28.1 Å². The van der Waals surface area contributed by atoms with E-state index in [2.05, 4.69) is 0 Å². The normalized spacial score (nSPS) is 20.9. The maximum absolute atomic E-state index is 10.2. The second kappa shape index (κ2) is 4.65. The Balaban J connectivity index is 4.63. The second-order valence-electron chi connectivity index (χ2n) is 2.02. The van der Waals surface area contributed by atoms with E-state index in [1.165, 1.54) is 0 Å². The molecular formula is C4H6O6S2-2. The lowest BCUT2D eigenvalue weighted by atomic mass is 10.2. The van der Waals surface area contributed by atoms with Crippen molar-refractivity contribution in [3.63, 3.8) is 0 Å². The van der Waals surface area contributed by atoms with Crippen LogP contribution in [0, 0.1) is 5.92 Å². The monoisotopic (exact) mass is 214 g/mol. The van der Waals surface area contributed by atoms with Gasteiger partial charge in [-0.1, -0.05) is 0 Å². The molecule has 12 heavy (non-hydrogen) atoms. The van der Waals surface area contributed by atoms with Crippen LogP contribution < -0.4 is 0 Å². The van der Waals surface area contributed by atoms with E-state index >= 15 is 0 Å². The zero-order chi connectivity index (χ0) is 9.89. The standard InChI is InChI=1S/C4H8O6S2/c1-2(3(5)6)4(11(7)8)12(9)10/h2,4H,1H3,(H,5,6)(H,7,8)(H,9,10)/p-2. The van der Waals surface area contributed by atoms with Gasteiger partial charge in [-0.3, -0.25) is 13.2 Å². The smallest absolute Gasteiger partial charge is 0.308 e. The maximum atomic E-state index is 10.2. The molecule has 0 aliphatic carbocycles. The summed E-state index contributed by atoms with van der Waals surface area (Å²) in [6.07, 6.45) is 0. The van der Waals surface area contributed by atoms with Crippen molar-refractivity contribution < 1.29 is 27.4 Å². The van der Waals surface area contributed by atoms with Crippen molar-refractivity contribution in [1.29, 1.82) is 0 Å². The molecule has 0 fully saturated rings. The Bertz CT molecular complexity index is 212. The molecule has 0 aliphatic rings. The lowest BCUT2D eigenvalue weighted by Crippen LogP contribution is -2.33. The molecule has 0 aromatic heterocycles. The van der Waals surface area contributed by atoms with Crippen molar-refractivity contribution in [2.24, 2.45) is 5.92 Å². The molecule has 8 heteroatoms. The summed E-state index contributed by atoms with van der Waals surface area (Å²) in [6.45, 7) is 1.01. The van der Waals surface area contributed by atoms with Gasteiger partial charge in [0.2, 0.25) is 0 Å². The van der Waals surface area contributed by atoms with Crippen molar-refractivity contribution in [3.05, 3.63) is 0 Å². The van der Waals surface area contributed by atoms with Gasteiger partial charge >= 0.3 is 5.97 Å². The first kappa shape index (κ1) is 11.7. The number of rotatable bonds is 4. The SMILES string of the molecule is CC(C(=O)O)C(S(=O)[O-])S(=O)[O-]. The van der Waals surface area contributed by atoms with Gasteiger partial charge in [-0.05, 0) is 29.1 Å². The lowest BCUT2D eigenvalue weighted by Gasteiger charge is -2.24. The van der Waals surface area contributed by atoms with E-state index < -0.39 is 38.6 Å². The molecule has 3 unspecified atom stereocenters. The van der Waals surface area contributed by atoms with Crippen LogP contribution in [0.15, 0.2) is 0 Å². The second-order valence-corrected chi connectivity index (χ2v) is 4.37. The molecule has 1 N–H and O–H groups in total. The summed E-state index contributed by atoms with van der Waals surface area (Å²) in [7, 11) is 0. The largest absolute Gasteiger partial charge is 0.771 e. The summed E-state index contributed by atoms with van der Waals surface area (Å²) in [4.78, 5) is 10.2. The zero-order valence-corrected chi connectivity index (χ0v) is 7.59. The molecule has 0 rings (SSSR count). The van der Waals surface area contributed by atoms with Gasteiger partial charge in [0.1, 0.15) is 0 Å². The Labute approximate surface area is 73.5 Å². The van der Waals surface area contributed by atoms with E-state index in [0.29, 0.717) is 0 Å². The zero-order valence-electron chi connectivity index (χ0n) is 5.96. The average Bonchev–Trinajstić information content (AvgIpc) is 1.85. The minimum atomic E-state index is -2.93. The van der Waals surface area contributed by atoms with E-state index in [0.717, 1.165) is 6.92 Å². The molecule has 0 spiro atoms. The number of carboxylic acid groups (broad SMARTS) is 1. The van der Waals surface area contributed by atoms with Crippen LogP contribution in [0.4, 0.5) is 0 Å². The maximum Gasteiger partial charge on any atom is 0.308 e. The summed E-state index contributed by atoms with van der Waals surface area (Å²) >= 11 is -5.86. The van der Waals surface area contributed by atoms with Gasteiger partial charge < -0.3 is 14.2 Å². The molecule has 0 saturated heterocycles. The Morgan fingerprint density at radius 1 is 1.33 bits per heavy atom. The van der Waals surface area contributed by atoms with Crippen LogP contribution in [0.3, 0.4) is 0 Å². The summed E-state index contributed by atoms with van der Waals surface area (Å²) in [5, 5.41) is 8.30. The van der Waals surface area contributed by atoms with Crippen LogP contribution in [0.25, 0.3) is 0 Å². The molecule has 6 nitrogen and oxygen atoms in total. The van der Waals surface area contributed by atoms with Crippen LogP contribution in [-0.4, -0.2) is 33.2 Å². The number of hydrogen-bond acceptors (Lipinski definition) is 5. The molecule has 0 heterocycles. The van der Waals surface area contributed by atoms with Gasteiger partial charge in [-0.25, -0.2) is 0 Å². The lowest BCUT2D eigenvalue weighted by molar-refractivity contribution is -0.140. The molecule has 0 aromatic rings. The van der Waals surface area contributed by atoms with E-state index in [1.807, 2.05) is 0 Å². The number of carboxylic acids is 1.